The van der Waals surface area contributed by atoms with E-state index >= 15 is 0 Å². The summed E-state index contributed by atoms with van der Waals surface area (Å²) in [6, 6.07) is 15.2. The number of nitrogens with zero attached hydrogens (tertiary/aromatic N) is 2. The van der Waals surface area contributed by atoms with Crippen molar-refractivity contribution < 1.29 is 19.0 Å². The fourth-order valence-corrected chi connectivity index (χ4v) is 3.46. The summed E-state index contributed by atoms with van der Waals surface area (Å²) < 4.78 is 17.6. The summed E-state index contributed by atoms with van der Waals surface area (Å²) in [6.07, 6.45) is -0.169. The van der Waals surface area contributed by atoms with Gasteiger partial charge in [-0.2, -0.15) is 5.10 Å². The van der Waals surface area contributed by atoms with E-state index in [1.54, 1.807) is 32.1 Å². The normalized spacial score (nSPS) is 15.3. The first-order chi connectivity index (χ1) is 14.6. The summed E-state index contributed by atoms with van der Waals surface area (Å²) in [6.45, 7) is 1.03. The third kappa shape index (κ3) is 3.81. The van der Waals surface area contributed by atoms with Crippen LogP contribution in [0.2, 0.25) is 0 Å². The van der Waals surface area contributed by atoms with Crippen molar-refractivity contribution in [2.75, 3.05) is 27.9 Å². The van der Waals surface area contributed by atoms with E-state index in [1.807, 2.05) is 42.5 Å². The van der Waals surface area contributed by atoms with Gasteiger partial charge in [0, 0.05) is 12.1 Å². The molecule has 30 heavy (non-hydrogen) atoms. The van der Waals surface area contributed by atoms with Gasteiger partial charge in [-0.1, -0.05) is 6.07 Å². The second-order valence-electron chi connectivity index (χ2n) is 6.88. The first-order valence-electron chi connectivity index (χ1n) is 9.59. The molecule has 4 rings (SSSR count). The van der Waals surface area contributed by atoms with Crippen molar-refractivity contribution in [3.63, 3.8) is 0 Å². The second kappa shape index (κ2) is 8.46. The van der Waals surface area contributed by atoms with Gasteiger partial charge < -0.3 is 19.5 Å². The zero-order chi connectivity index (χ0) is 21.1. The summed E-state index contributed by atoms with van der Waals surface area (Å²) in [5.74, 6) is 2.00. The van der Waals surface area contributed by atoms with Gasteiger partial charge in [-0.3, -0.25) is 10.1 Å². The number of carbonyl (C=O) groups is 1. The number of benzene rings is 2. The van der Waals surface area contributed by atoms with Crippen LogP contribution < -0.4 is 24.8 Å². The molecule has 1 aliphatic rings. The molecule has 8 heteroatoms. The molecule has 1 aliphatic heterocycles. The maximum absolute atomic E-state index is 12.4. The lowest BCUT2D eigenvalue weighted by Gasteiger charge is -2.26. The monoisotopic (exact) mass is 408 g/mol. The summed E-state index contributed by atoms with van der Waals surface area (Å²) in [5, 5.41) is 11.1. The number of fused-ring (bicyclic) bond motifs is 1. The molecule has 2 heterocycles. The molecule has 1 amide bonds. The van der Waals surface area contributed by atoms with Gasteiger partial charge in [0.05, 0.1) is 33.6 Å². The van der Waals surface area contributed by atoms with Gasteiger partial charge >= 0.3 is 0 Å². The van der Waals surface area contributed by atoms with E-state index < -0.39 is 0 Å². The molecule has 1 atom stereocenters. The highest BCUT2D eigenvalue weighted by molar-refractivity contribution is 5.94. The standard InChI is InChI=1S/C22H24N4O4/c1-28-16-7-5-15(6-8-16)17-11-18-22(27)24-13-21(26(18)25-17)23-12-14-4-9-19(29-2)20(10-14)30-3/h4-11,21,23H,12-13H2,1-3H3,(H,24,27). The number of methoxy groups -OCH3 is 3. The Kier molecular flexibility index (Phi) is 5.58. The Morgan fingerprint density at radius 1 is 1.03 bits per heavy atom. The number of amides is 1. The number of ether oxygens (including phenoxy) is 3. The van der Waals surface area contributed by atoms with E-state index in [0.717, 1.165) is 22.6 Å². The predicted molar refractivity (Wildman–Crippen MR) is 112 cm³/mol. The Bertz CT molecular complexity index is 1050. The molecule has 0 spiro atoms. The third-order valence-corrected chi connectivity index (χ3v) is 5.10. The average Bonchev–Trinajstić information content (AvgIpc) is 3.25. The molecular formula is C22H24N4O4. The molecule has 0 bridgehead atoms. The first-order valence-corrected chi connectivity index (χ1v) is 9.59. The molecule has 2 aromatic carbocycles. The number of hydrogen-bond acceptors (Lipinski definition) is 6. The predicted octanol–water partition coefficient (Wildman–Crippen LogP) is 2.61. The fourth-order valence-electron chi connectivity index (χ4n) is 3.46. The SMILES string of the molecule is COc1ccc(-c2cc3n(n2)C(NCc2ccc(OC)c(OC)c2)CNC3=O)cc1. The second-order valence-corrected chi connectivity index (χ2v) is 6.88. The molecule has 3 aromatic rings. The molecule has 0 aliphatic carbocycles. The van der Waals surface area contributed by atoms with Gasteiger partial charge in [0.15, 0.2) is 11.5 Å². The molecule has 0 saturated carbocycles. The third-order valence-electron chi connectivity index (χ3n) is 5.10. The highest BCUT2D eigenvalue weighted by Crippen LogP contribution is 2.28. The molecule has 156 valence electrons. The van der Waals surface area contributed by atoms with Crippen LogP contribution in [0.25, 0.3) is 11.3 Å². The zero-order valence-corrected chi connectivity index (χ0v) is 17.1. The largest absolute Gasteiger partial charge is 0.497 e. The van der Waals surface area contributed by atoms with E-state index in [1.165, 1.54) is 0 Å². The van der Waals surface area contributed by atoms with Crippen molar-refractivity contribution in [2.24, 2.45) is 0 Å². The average molecular weight is 408 g/mol. The Balaban J connectivity index is 1.54. The smallest absolute Gasteiger partial charge is 0.269 e. The van der Waals surface area contributed by atoms with Gasteiger partial charge in [0.25, 0.3) is 5.91 Å². The Labute approximate surface area is 174 Å². The van der Waals surface area contributed by atoms with Crippen LogP contribution in [0.4, 0.5) is 0 Å². The lowest BCUT2D eigenvalue weighted by molar-refractivity contribution is 0.0900. The topological polar surface area (TPSA) is 86.6 Å². The summed E-state index contributed by atoms with van der Waals surface area (Å²) in [5.41, 5.74) is 3.22. The minimum absolute atomic E-state index is 0.133. The lowest BCUT2D eigenvalue weighted by Crippen LogP contribution is -2.45. The Hall–Kier alpha value is -3.52. The Morgan fingerprint density at radius 2 is 1.80 bits per heavy atom. The van der Waals surface area contributed by atoms with Crippen LogP contribution in [0.5, 0.6) is 17.2 Å². The van der Waals surface area contributed by atoms with Crippen LogP contribution in [-0.4, -0.2) is 43.6 Å². The molecule has 0 fully saturated rings. The number of aromatic nitrogens is 2. The van der Waals surface area contributed by atoms with E-state index in [0.29, 0.717) is 30.3 Å². The van der Waals surface area contributed by atoms with E-state index in [2.05, 4.69) is 15.7 Å². The summed E-state index contributed by atoms with van der Waals surface area (Å²) in [7, 11) is 4.85. The van der Waals surface area contributed by atoms with Crippen molar-refractivity contribution >= 4 is 5.91 Å². The highest BCUT2D eigenvalue weighted by atomic mass is 16.5. The van der Waals surface area contributed by atoms with Crippen LogP contribution in [0.1, 0.15) is 22.2 Å². The molecule has 2 N–H and O–H groups in total. The number of carbonyl (C=O) groups excluding carboxylic acids is 1. The van der Waals surface area contributed by atoms with E-state index in [-0.39, 0.29) is 12.1 Å². The van der Waals surface area contributed by atoms with Crippen LogP contribution in [0.3, 0.4) is 0 Å². The fraction of sp³-hybridized carbons (Fsp3) is 0.273. The van der Waals surface area contributed by atoms with Crippen molar-refractivity contribution in [2.45, 2.75) is 12.7 Å². The summed E-state index contributed by atoms with van der Waals surface area (Å²) >= 11 is 0. The molecule has 0 saturated heterocycles. The van der Waals surface area contributed by atoms with Gasteiger partial charge in [0.2, 0.25) is 0 Å². The first kappa shape index (κ1) is 19.8. The van der Waals surface area contributed by atoms with Gasteiger partial charge in [-0.15, -0.1) is 0 Å². The zero-order valence-electron chi connectivity index (χ0n) is 17.1. The van der Waals surface area contributed by atoms with Crippen molar-refractivity contribution in [1.82, 2.24) is 20.4 Å². The maximum atomic E-state index is 12.4. The lowest BCUT2D eigenvalue weighted by atomic mass is 10.1. The van der Waals surface area contributed by atoms with Gasteiger partial charge in [0.1, 0.15) is 17.6 Å². The maximum Gasteiger partial charge on any atom is 0.269 e. The highest BCUT2D eigenvalue weighted by Gasteiger charge is 2.27. The molecule has 1 aromatic heterocycles. The van der Waals surface area contributed by atoms with E-state index in [4.69, 9.17) is 14.2 Å². The van der Waals surface area contributed by atoms with Gasteiger partial charge in [-0.25, -0.2) is 4.68 Å². The minimum atomic E-state index is -0.169. The quantitative estimate of drug-likeness (QED) is 0.625. The van der Waals surface area contributed by atoms with Crippen LogP contribution in [0, 0.1) is 0 Å². The summed E-state index contributed by atoms with van der Waals surface area (Å²) in [4.78, 5) is 12.4. The number of hydrogen-bond donors (Lipinski definition) is 2. The molecule has 8 nitrogen and oxygen atoms in total. The number of rotatable bonds is 7. The van der Waals surface area contributed by atoms with Crippen LogP contribution in [-0.2, 0) is 6.54 Å². The van der Waals surface area contributed by atoms with Crippen LogP contribution in [0.15, 0.2) is 48.5 Å². The van der Waals surface area contributed by atoms with E-state index in [9.17, 15) is 4.79 Å². The number of nitrogens with one attached hydrogen (secondary N) is 2. The van der Waals surface area contributed by atoms with Crippen molar-refractivity contribution in [3.8, 4) is 28.5 Å². The molecule has 0 radical (unpaired) electrons. The Morgan fingerprint density at radius 3 is 2.50 bits per heavy atom. The van der Waals surface area contributed by atoms with Crippen molar-refractivity contribution in [1.29, 1.82) is 0 Å². The molecule has 1 unspecified atom stereocenters. The van der Waals surface area contributed by atoms with Gasteiger partial charge in [-0.05, 0) is 48.0 Å². The minimum Gasteiger partial charge on any atom is -0.497 e. The molecular weight excluding hydrogens is 384 g/mol. The van der Waals surface area contributed by atoms with Crippen LogP contribution >= 0.6 is 0 Å². The van der Waals surface area contributed by atoms with Crippen molar-refractivity contribution in [3.05, 3.63) is 59.8 Å².